The van der Waals surface area contributed by atoms with Gasteiger partial charge in [0.15, 0.2) is 12.4 Å². The van der Waals surface area contributed by atoms with Crippen LogP contribution in [0.4, 0.5) is 4.79 Å². The Morgan fingerprint density at radius 3 is 2.33 bits per heavy atom. The molecule has 0 spiro atoms. The van der Waals surface area contributed by atoms with Gasteiger partial charge >= 0.3 is 6.03 Å². The molecule has 14 heteroatoms. The van der Waals surface area contributed by atoms with Crippen LogP contribution in [0.1, 0.15) is 91.1 Å². The van der Waals surface area contributed by atoms with Gasteiger partial charge in [0.05, 0.1) is 24.2 Å². The van der Waals surface area contributed by atoms with E-state index in [2.05, 4.69) is 27.8 Å². The first kappa shape index (κ1) is 39.3. The van der Waals surface area contributed by atoms with Crippen LogP contribution in [0.2, 0.25) is 0 Å². The molecule has 14 nitrogen and oxygen atoms in total. The summed E-state index contributed by atoms with van der Waals surface area (Å²) in [5.41, 5.74) is -0.415. The number of nitrogens with one attached hydrogen (secondary N) is 4. The topological polar surface area (TPSA) is 184 Å². The molecule has 1 unspecified atom stereocenters. The Balaban J connectivity index is 1.51. The maximum atomic E-state index is 14.4. The number of Topliss-reactive ketones (excluding diaryl/α,β-unsaturated/α-hetero) is 1. The van der Waals surface area contributed by atoms with E-state index in [0.29, 0.717) is 28.8 Å². The monoisotopic (exact) mass is 709 g/mol. The first-order valence-electron chi connectivity index (χ1n) is 17.7. The molecule has 6 amide bonds. The lowest BCUT2D eigenvalue weighted by molar-refractivity contribution is -0.605. The van der Waals surface area contributed by atoms with E-state index in [1.807, 2.05) is 62.3 Å². The number of pyridine rings is 1. The predicted octanol–water partition coefficient (Wildman–Crippen LogP) is 2.04. The fourth-order valence-electron chi connectivity index (χ4n) is 7.39. The molecular weight excluding hydrogens is 654 g/mol. The lowest BCUT2D eigenvalue weighted by Crippen LogP contribution is -2.62. The number of hydrogen-bond donors (Lipinski definition) is 4. The second kappa shape index (κ2) is 14.6. The van der Waals surface area contributed by atoms with Gasteiger partial charge in [-0.3, -0.25) is 24.0 Å². The van der Waals surface area contributed by atoms with Crippen LogP contribution in [0.15, 0.2) is 31.1 Å². The van der Waals surface area contributed by atoms with E-state index < -0.39 is 64.5 Å². The Morgan fingerprint density at radius 1 is 1.08 bits per heavy atom. The highest BCUT2D eigenvalue weighted by Crippen LogP contribution is 2.65. The number of piperidine rings is 1. The summed E-state index contributed by atoms with van der Waals surface area (Å²) in [6.07, 6.45) is 4.90. The number of amides is 6. The molecular formula is C37H55N7O7. The third-order valence-corrected chi connectivity index (χ3v) is 10.6. The third kappa shape index (κ3) is 8.36. The number of likely N-dealkylation sites (tertiary alicyclic amines) is 1. The second-order valence-electron chi connectivity index (χ2n) is 16.9. The van der Waals surface area contributed by atoms with Crippen LogP contribution in [0.25, 0.3) is 0 Å². The first-order valence-corrected chi connectivity index (χ1v) is 17.7. The summed E-state index contributed by atoms with van der Waals surface area (Å²) < 4.78 is 0.651. The summed E-state index contributed by atoms with van der Waals surface area (Å²) in [5.74, 6) is -2.85. The van der Waals surface area contributed by atoms with Crippen molar-refractivity contribution in [1.82, 2.24) is 31.1 Å². The number of rotatable bonds is 13. The Labute approximate surface area is 300 Å². The Morgan fingerprint density at radius 2 is 1.75 bits per heavy atom. The van der Waals surface area contributed by atoms with Gasteiger partial charge in [-0.15, -0.1) is 6.58 Å². The molecule has 4 N–H and O–H groups in total. The normalized spacial score (nSPS) is 22.2. The molecule has 1 saturated carbocycles. The zero-order chi connectivity index (χ0) is 38.2. The molecule has 2 aliphatic heterocycles. The van der Waals surface area contributed by atoms with Gasteiger partial charge < -0.3 is 36.3 Å². The number of hydrogen-bond acceptors (Lipinski definition) is 7. The van der Waals surface area contributed by atoms with Gasteiger partial charge in [-0.2, -0.15) is 4.73 Å². The van der Waals surface area contributed by atoms with Crippen molar-refractivity contribution in [2.75, 3.05) is 19.6 Å². The van der Waals surface area contributed by atoms with E-state index in [1.54, 1.807) is 4.90 Å². The van der Waals surface area contributed by atoms with Gasteiger partial charge in [-0.25, -0.2) is 4.79 Å². The zero-order valence-electron chi connectivity index (χ0n) is 31.4. The van der Waals surface area contributed by atoms with Crippen molar-refractivity contribution in [2.24, 2.45) is 28.1 Å². The molecule has 3 heterocycles. The average Bonchev–Trinajstić information content (AvgIpc) is 3.31. The maximum Gasteiger partial charge on any atom is 0.315 e. The lowest BCUT2D eigenvalue weighted by atomic mass is 9.85. The molecule has 1 aromatic rings. The van der Waals surface area contributed by atoms with E-state index in [0.717, 1.165) is 0 Å². The fourth-order valence-corrected chi connectivity index (χ4v) is 7.39. The Hall–Kier alpha value is -4.49. The fraction of sp³-hybridized carbons (Fsp3) is 0.649. The van der Waals surface area contributed by atoms with Gasteiger partial charge in [0.1, 0.15) is 12.1 Å². The van der Waals surface area contributed by atoms with Crippen LogP contribution >= 0.6 is 0 Å². The van der Waals surface area contributed by atoms with Crippen LogP contribution in [-0.4, -0.2) is 89.0 Å². The van der Waals surface area contributed by atoms with Gasteiger partial charge in [-0.05, 0) is 34.5 Å². The molecule has 1 aromatic heterocycles. The molecule has 0 radical (unpaired) electrons. The molecule has 2 fully saturated rings. The van der Waals surface area contributed by atoms with Gasteiger partial charge in [-0.1, -0.05) is 74.8 Å². The van der Waals surface area contributed by atoms with E-state index >= 15 is 0 Å². The highest BCUT2D eigenvalue weighted by atomic mass is 16.5. The minimum atomic E-state index is -1.06. The van der Waals surface area contributed by atoms with Crippen LogP contribution in [0.5, 0.6) is 0 Å². The number of ketones is 1. The van der Waals surface area contributed by atoms with E-state index in [1.165, 1.54) is 29.4 Å². The van der Waals surface area contributed by atoms with E-state index in [4.69, 9.17) is 0 Å². The van der Waals surface area contributed by atoms with Crippen molar-refractivity contribution in [3.8, 4) is 0 Å². The van der Waals surface area contributed by atoms with E-state index in [-0.39, 0.29) is 49.2 Å². The molecule has 51 heavy (non-hydrogen) atoms. The molecule has 3 aliphatic rings. The number of fused-ring (bicyclic) bond motifs is 2. The third-order valence-electron chi connectivity index (χ3n) is 10.6. The molecule has 0 bridgehead atoms. The summed E-state index contributed by atoms with van der Waals surface area (Å²) in [4.78, 5) is 83.9. The van der Waals surface area contributed by atoms with Crippen molar-refractivity contribution in [2.45, 2.75) is 106 Å². The number of aromatic nitrogens is 1. The number of carbonyl (C=O) groups is 6. The average molecular weight is 710 g/mol. The highest BCUT2D eigenvalue weighted by Gasteiger charge is 2.70. The minimum Gasteiger partial charge on any atom is -0.619 e. The second-order valence-corrected chi connectivity index (χ2v) is 16.9. The largest absolute Gasteiger partial charge is 0.619 e. The standard InChI is InChI=1S/C37H55N7O7/c1-11-13-24(28(45)31(47)38-15-12-2)39-30(46)27-26-23(37(26,9)10)19-44(27)33(49)29(36(6,7)8)41-34(50)40-25(35(3,4)5)20-42-17-21-18-43(51)16-14-22(21)32(42)48/h12,14,16,18,23-27,29H,2,11,13,15,17,19-20H2,1,3-10H3,(H,38,47)(H,39,46)(H2,40,41,50)/t23-,24?,25+,26-,27-,29-/m0/s1. The van der Waals surface area contributed by atoms with Crippen molar-refractivity contribution in [1.29, 1.82) is 0 Å². The van der Waals surface area contributed by atoms with Gasteiger partial charge in [0.25, 0.3) is 11.8 Å². The quantitative estimate of drug-likeness (QED) is 0.105. The molecule has 1 saturated heterocycles. The molecule has 0 aromatic carbocycles. The molecule has 4 rings (SSSR count). The smallest absolute Gasteiger partial charge is 0.315 e. The summed E-state index contributed by atoms with van der Waals surface area (Å²) in [6.45, 7) is 21.6. The minimum absolute atomic E-state index is 0.0475. The van der Waals surface area contributed by atoms with E-state index in [9.17, 15) is 34.0 Å². The Bertz CT molecular complexity index is 1580. The van der Waals surface area contributed by atoms with Crippen molar-refractivity contribution >= 4 is 35.4 Å². The molecule has 280 valence electrons. The number of urea groups is 1. The summed E-state index contributed by atoms with van der Waals surface area (Å²) in [7, 11) is 0. The first-order chi connectivity index (χ1) is 23.6. The SMILES string of the molecule is C=CCNC(=O)C(=O)C(CCC)NC(=O)[C@@H]1[C@@H]2[C@H](CN1C(=O)[C@H](NC(=O)N[C@H](CN1Cc3c[n+]([O-])ccc3C1=O)C(C)(C)C)C(C)(C)C)C2(C)C. The van der Waals surface area contributed by atoms with Gasteiger partial charge in [0, 0.05) is 31.3 Å². The lowest BCUT2D eigenvalue weighted by Gasteiger charge is -2.39. The van der Waals surface area contributed by atoms with Crippen LogP contribution < -0.4 is 26.0 Å². The summed E-state index contributed by atoms with van der Waals surface area (Å²) in [5, 5.41) is 22.9. The van der Waals surface area contributed by atoms with Crippen molar-refractivity contribution in [3.63, 3.8) is 0 Å². The highest BCUT2D eigenvalue weighted by molar-refractivity contribution is 6.38. The number of carbonyl (C=O) groups excluding carboxylic acids is 6. The predicted molar refractivity (Wildman–Crippen MR) is 190 cm³/mol. The van der Waals surface area contributed by atoms with Crippen molar-refractivity contribution < 1.29 is 33.5 Å². The summed E-state index contributed by atoms with van der Waals surface area (Å²) in [6, 6.07) is -2.62. The maximum absolute atomic E-state index is 14.4. The number of nitrogens with zero attached hydrogens (tertiary/aromatic N) is 3. The van der Waals surface area contributed by atoms with Crippen LogP contribution in [-0.2, 0) is 25.7 Å². The van der Waals surface area contributed by atoms with Crippen LogP contribution in [0, 0.1) is 33.3 Å². The van der Waals surface area contributed by atoms with Crippen LogP contribution in [0.3, 0.4) is 0 Å². The molecule has 1 aliphatic carbocycles. The van der Waals surface area contributed by atoms with Crippen molar-refractivity contribution in [3.05, 3.63) is 47.4 Å². The zero-order valence-corrected chi connectivity index (χ0v) is 31.4. The summed E-state index contributed by atoms with van der Waals surface area (Å²) >= 11 is 0. The van der Waals surface area contributed by atoms with Gasteiger partial charge in [0.2, 0.25) is 17.6 Å². The Kier molecular flexibility index (Phi) is 11.3. The molecule has 6 atom stereocenters.